The Kier molecular flexibility index (Phi) is 6.62. The van der Waals surface area contributed by atoms with Gasteiger partial charge in [0.2, 0.25) is 0 Å². The van der Waals surface area contributed by atoms with E-state index in [0.717, 1.165) is 0 Å². The van der Waals surface area contributed by atoms with Gasteiger partial charge in [-0.1, -0.05) is 64.3 Å². The van der Waals surface area contributed by atoms with Crippen LogP contribution in [0.15, 0.2) is 24.3 Å². The van der Waals surface area contributed by atoms with Crippen LogP contribution in [0.4, 0.5) is 0 Å². The summed E-state index contributed by atoms with van der Waals surface area (Å²) in [4.78, 5) is 0. The van der Waals surface area contributed by atoms with Crippen LogP contribution >= 0.6 is 0 Å². The van der Waals surface area contributed by atoms with Gasteiger partial charge in [0.25, 0.3) is 0 Å². The highest BCUT2D eigenvalue weighted by molar-refractivity contribution is 5.09. The first kappa shape index (κ1) is 14.5. The molecule has 1 unspecified atom stereocenters. The van der Waals surface area contributed by atoms with Crippen LogP contribution < -0.4 is 0 Å². The normalized spacial score (nSPS) is 25.2. The lowest BCUT2D eigenvalue weighted by Crippen LogP contribution is -2.18. The van der Waals surface area contributed by atoms with Crippen molar-refractivity contribution in [2.24, 2.45) is 11.3 Å². The van der Waals surface area contributed by atoms with Crippen LogP contribution in [-0.2, 0) is 0 Å². The fraction of sp³-hybridized carbons (Fsp3) is 0.765. The van der Waals surface area contributed by atoms with E-state index in [1.54, 1.807) is 0 Å². The maximum atomic E-state index is 2.57. The molecule has 17 heavy (non-hydrogen) atoms. The van der Waals surface area contributed by atoms with Gasteiger partial charge in [0.15, 0.2) is 0 Å². The molecule has 1 aliphatic rings. The molecule has 0 aromatic rings. The second kappa shape index (κ2) is 7.74. The molecule has 0 fully saturated rings. The summed E-state index contributed by atoms with van der Waals surface area (Å²) >= 11 is 0. The van der Waals surface area contributed by atoms with E-state index < -0.39 is 0 Å². The first-order chi connectivity index (χ1) is 8.26. The molecule has 0 aromatic carbocycles. The molecule has 0 radical (unpaired) electrons. The van der Waals surface area contributed by atoms with Crippen molar-refractivity contribution in [3.63, 3.8) is 0 Å². The minimum atomic E-state index is 0.500. The standard InChI is InChI=1S/C17H30/c1-4-9-16-10-7-8-14-17(12-5-2,13-6-3)15-11-16/h7,10-11,15-16H,4-6,8-9,12-14H2,1-3H3/b10-7-,15-11?. The molecule has 1 rings (SSSR count). The molecule has 1 atom stereocenters. The highest BCUT2D eigenvalue weighted by atomic mass is 14.3. The van der Waals surface area contributed by atoms with Gasteiger partial charge in [-0.15, -0.1) is 0 Å². The van der Waals surface area contributed by atoms with Gasteiger partial charge in [-0.05, 0) is 43.4 Å². The van der Waals surface area contributed by atoms with Crippen LogP contribution in [0.3, 0.4) is 0 Å². The maximum Gasteiger partial charge on any atom is -0.00534 e. The van der Waals surface area contributed by atoms with Crippen molar-refractivity contribution < 1.29 is 0 Å². The summed E-state index contributed by atoms with van der Waals surface area (Å²) in [5.41, 5.74) is 0.500. The molecule has 0 saturated carbocycles. The van der Waals surface area contributed by atoms with Crippen molar-refractivity contribution in [3.05, 3.63) is 24.3 Å². The van der Waals surface area contributed by atoms with Crippen molar-refractivity contribution in [2.45, 2.75) is 72.1 Å². The Balaban J connectivity index is 2.76. The van der Waals surface area contributed by atoms with Crippen molar-refractivity contribution in [3.8, 4) is 0 Å². The lowest BCUT2D eigenvalue weighted by Gasteiger charge is -2.31. The Morgan fingerprint density at radius 2 is 1.71 bits per heavy atom. The topological polar surface area (TPSA) is 0 Å². The molecular weight excluding hydrogens is 204 g/mol. The molecule has 0 N–H and O–H groups in total. The van der Waals surface area contributed by atoms with E-state index in [9.17, 15) is 0 Å². The van der Waals surface area contributed by atoms with Gasteiger partial charge in [-0.25, -0.2) is 0 Å². The van der Waals surface area contributed by atoms with Gasteiger partial charge in [0, 0.05) is 0 Å². The molecule has 0 saturated heterocycles. The van der Waals surface area contributed by atoms with E-state index in [1.165, 1.54) is 51.4 Å². The van der Waals surface area contributed by atoms with Gasteiger partial charge < -0.3 is 0 Å². The molecule has 0 aliphatic heterocycles. The minimum absolute atomic E-state index is 0.500. The summed E-state index contributed by atoms with van der Waals surface area (Å²) in [5, 5.41) is 0. The SMILES string of the molecule is CCCC1C=CC(CCC)(CCC)CC/C=C\1. The predicted molar refractivity (Wildman–Crippen MR) is 78.2 cm³/mol. The average Bonchev–Trinajstić information content (AvgIpc) is 2.29. The quantitative estimate of drug-likeness (QED) is 0.502. The lowest BCUT2D eigenvalue weighted by molar-refractivity contribution is 0.290. The molecule has 0 aromatic heterocycles. The first-order valence-corrected chi connectivity index (χ1v) is 7.62. The van der Waals surface area contributed by atoms with E-state index in [4.69, 9.17) is 0 Å². The number of rotatable bonds is 6. The molecular formula is C17H30. The van der Waals surface area contributed by atoms with Crippen LogP contribution in [-0.4, -0.2) is 0 Å². The van der Waals surface area contributed by atoms with E-state index in [2.05, 4.69) is 45.1 Å². The van der Waals surface area contributed by atoms with Crippen LogP contribution in [0.2, 0.25) is 0 Å². The fourth-order valence-corrected chi connectivity index (χ4v) is 3.18. The number of hydrogen-bond donors (Lipinski definition) is 0. The van der Waals surface area contributed by atoms with E-state index in [0.29, 0.717) is 11.3 Å². The van der Waals surface area contributed by atoms with Crippen LogP contribution in [0.1, 0.15) is 72.1 Å². The Morgan fingerprint density at radius 1 is 1.00 bits per heavy atom. The molecule has 0 bridgehead atoms. The van der Waals surface area contributed by atoms with Crippen molar-refractivity contribution in [1.29, 1.82) is 0 Å². The summed E-state index contributed by atoms with van der Waals surface area (Å²) in [7, 11) is 0. The fourth-order valence-electron chi connectivity index (χ4n) is 3.18. The lowest BCUT2D eigenvalue weighted by atomic mass is 9.73. The van der Waals surface area contributed by atoms with Gasteiger partial charge in [0.05, 0.1) is 0 Å². The summed E-state index contributed by atoms with van der Waals surface area (Å²) in [6.45, 7) is 6.93. The summed E-state index contributed by atoms with van der Waals surface area (Å²) < 4.78 is 0. The molecule has 0 spiro atoms. The predicted octanol–water partition coefficient (Wildman–Crippen LogP) is 5.90. The third kappa shape index (κ3) is 4.69. The Labute approximate surface area is 108 Å². The maximum absolute atomic E-state index is 2.57. The summed E-state index contributed by atoms with van der Waals surface area (Å²) in [6.07, 6.45) is 20.5. The Bertz CT molecular complexity index is 241. The minimum Gasteiger partial charge on any atom is -0.0879 e. The summed E-state index contributed by atoms with van der Waals surface area (Å²) in [6, 6.07) is 0. The molecule has 0 heterocycles. The molecule has 0 amide bonds. The van der Waals surface area contributed by atoms with Gasteiger partial charge >= 0.3 is 0 Å². The van der Waals surface area contributed by atoms with Crippen LogP contribution in [0.5, 0.6) is 0 Å². The highest BCUT2D eigenvalue weighted by Gasteiger charge is 2.25. The van der Waals surface area contributed by atoms with Crippen molar-refractivity contribution in [2.75, 3.05) is 0 Å². The highest BCUT2D eigenvalue weighted by Crippen LogP contribution is 2.38. The third-order valence-corrected chi connectivity index (χ3v) is 4.01. The molecule has 1 aliphatic carbocycles. The Morgan fingerprint density at radius 3 is 2.29 bits per heavy atom. The first-order valence-electron chi connectivity index (χ1n) is 7.62. The largest absolute Gasteiger partial charge is 0.0879 e. The zero-order valence-electron chi connectivity index (χ0n) is 12.0. The van der Waals surface area contributed by atoms with E-state index in [1.807, 2.05) is 0 Å². The third-order valence-electron chi connectivity index (χ3n) is 4.01. The van der Waals surface area contributed by atoms with E-state index in [-0.39, 0.29) is 0 Å². The van der Waals surface area contributed by atoms with E-state index >= 15 is 0 Å². The number of allylic oxidation sites excluding steroid dienone is 4. The van der Waals surface area contributed by atoms with Crippen molar-refractivity contribution in [1.82, 2.24) is 0 Å². The van der Waals surface area contributed by atoms with Crippen molar-refractivity contribution >= 4 is 0 Å². The summed E-state index contributed by atoms with van der Waals surface area (Å²) in [5.74, 6) is 0.688. The molecule has 0 heteroatoms. The second-order valence-electron chi connectivity index (χ2n) is 5.64. The van der Waals surface area contributed by atoms with Gasteiger partial charge in [0.1, 0.15) is 0 Å². The molecule has 98 valence electrons. The Hall–Kier alpha value is -0.520. The van der Waals surface area contributed by atoms with Crippen LogP contribution in [0.25, 0.3) is 0 Å². The number of hydrogen-bond acceptors (Lipinski definition) is 0. The zero-order valence-corrected chi connectivity index (χ0v) is 12.0. The van der Waals surface area contributed by atoms with Crippen LogP contribution in [0, 0.1) is 11.3 Å². The van der Waals surface area contributed by atoms with Gasteiger partial charge in [-0.2, -0.15) is 0 Å². The monoisotopic (exact) mass is 234 g/mol. The molecule has 0 nitrogen and oxygen atoms in total. The van der Waals surface area contributed by atoms with Gasteiger partial charge in [-0.3, -0.25) is 0 Å². The average molecular weight is 234 g/mol. The smallest absolute Gasteiger partial charge is 0.00534 e. The zero-order chi connectivity index (χ0) is 12.6. The second-order valence-corrected chi connectivity index (χ2v) is 5.64.